The third-order valence-corrected chi connectivity index (χ3v) is 5.43. The molecule has 1 aromatic heterocycles. The number of halogens is 5. The van der Waals surface area contributed by atoms with E-state index in [2.05, 4.69) is 15.3 Å². The molecule has 3 heterocycles. The van der Waals surface area contributed by atoms with E-state index in [1.54, 1.807) is 11.9 Å². The second-order valence-corrected chi connectivity index (χ2v) is 7.88. The molecule has 1 amide bonds. The number of nitrogens with one attached hydrogen (secondary N) is 1. The molecule has 1 N–H and O–H groups in total. The highest BCUT2D eigenvalue weighted by atomic mass is 35.5. The molecule has 0 spiro atoms. The maximum atomic E-state index is 14.7. The van der Waals surface area contributed by atoms with Crippen molar-refractivity contribution in [2.75, 3.05) is 25.5 Å². The number of fused-ring (bicyclic) bond motifs is 1. The first-order chi connectivity index (χ1) is 15.2. The molecule has 1 fully saturated rings. The molecule has 0 radical (unpaired) electrons. The normalized spacial score (nSPS) is 16.8. The number of carbonyl (C=O) groups excluding carboxylic acids is 1. The Hall–Kier alpha value is -2.46. The Bertz CT molecular complexity index is 1000. The minimum atomic E-state index is -2.93. The number of hydrogen-bond acceptors (Lipinski definition) is 5. The molecule has 32 heavy (non-hydrogen) atoms. The molecule has 2 aliphatic heterocycles. The zero-order chi connectivity index (χ0) is 23.6. The average molecular weight is 474 g/mol. The lowest BCUT2D eigenvalue weighted by atomic mass is 9.95. The lowest BCUT2D eigenvalue weighted by molar-refractivity contribution is -0.155. The number of amides is 1. The van der Waals surface area contributed by atoms with E-state index in [1.165, 1.54) is 17.0 Å². The predicted molar refractivity (Wildman–Crippen MR) is 113 cm³/mol. The molecule has 0 aliphatic carbocycles. The molecule has 1 saturated heterocycles. The van der Waals surface area contributed by atoms with Gasteiger partial charge in [0.1, 0.15) is 11.6 Å². The summed E-state index contributed by atoms with van der Waals surface area (Å²) < 4.78 is 54.8. The van der Waals surface area contributed by atoms with Gasteiger partial charge in [0.15, 0.2) is 0 Å². The third-order valence-electron chi connectivity index (χ3n) is 5.26. The quantitative estimate of drug-likeness (QED) is 0.517. The number of rotatable bonds is 5. The first-order valence-electron chi connectivity index (χ1n) is 10.2. The monoisotopic (exact) mass is 473 g/mol. The highest BCUT2D eigenvalue weighted by Crippen LogP contribution is 2.34. The van der Waals surface area contributed by atoms with Gasteiger partial charge >= 0.3 is 0 Å². The lowest BCUT2D eigenvalue weighted by Crippen LogP contribution is -2.64. The molecule has 6 nitrogen and oxygen atoms in total. The fraction of sp³-hybridized carbons (Fsp3) is 0.476. The maximum Gasteiger partial charge on any atom is 0.266 e. The summed E-state index contributed by atoms with van der Waals surface area (Å²) in [5.41, 5.74) is -1.59. The zero-order valence-corrected chi connectivity index (χ0v) is 18.7. The van der Waals surface area contributed by atoms with Crippen molar-refractivity contribution in [3.8, 4) is 0 Å². The fourth-order valence-electron chi connectivity index (χ4n) is 3.83. The van der Waals surface area contributed by atoms with E-state index >= 15 is 0 Å². The van der Waals surface area contributed by atoms with Crippen molar-refractivity contribution in [1.82, 2.24) is 19.8 Å². The van der Waals surface area contributed by atoms with E-state index in [0.717, 1.165) is 6.07 Å². The fourth-order valence-corrected chi connectivity index (χ4v) is 4.01. The molecule has 174 valence electrons. The van der Waals surface area contributed by atoms with Crippen LogP contribution in [0.25, 0.3) is 0 Å². The molecule has 2 aromatic rings. The number of hydrogen-bond donors (Lipinski definition) is 1. The lowest BCUT2D eigenvalue weighted by Gasteiger charge is -2.42. The molecule has 0 unspecified atom stereocenters. The van der Waals surface area contributed by atoms with Crippen molar-refractivity contribution in [1.29, 1.82) is 0 Å². The molecular formula is C21H24ClF4N5O. The van der Waals surface area contributed by atoms with Crippen LogP contribution in [0.4, 0.5) is 23.4 Å². The van der Waals surface area contributed by atoms with Crippen LogP contribution < -0.4 is 5.32 Å². The molecule has 0 saturated carbocycles. The Morgan fingerprint density at radius 2 is 1.94 bits per heavy atom. The van der Waals surface area contributed by atoms with Crippen LogP contribution >= 0.6 is 11.6 Å². The van der Waals surface area contributed by atoms with E-state index in [1.807, 2.05) is 13.8 Å². The number of alkyl halides is 3. The third kappa shape index (κ3) is 4.66. The van der Waals surface area contributed by atoms with Crippen LogP contribution in [0.3, 0.4) is 0 Å². The van der Waals surface area contributed by atoms with Crippen LogP contribution in [-0.4, -0.2) is 51.5 Å². The molecule has 0 bridgehead atoms. The zero-order valence-electron chi connectivity index (χ0n) is 17.9. The van der Waals surface area contributed by atoms with Crippen molar-refractivity contribution >= 4 is 23.3 Å². The molecular weight excluding hydrogens is 450 g/mol. The molecule has 0 atom stereocenters. The van der Waals surface area contributed by atoms with Gasteiger partial charge in [0.05, 0.1) is 24.3 Å². The first kappa shape index (κ1) is 24.2. The van der Waals surface area contributed by atoms with Crippen LogP contribution in [0.2, 0.25) is 5.28 Å². The van der Waals surface area contributed by atoms with Gasteiger partial charge in [-0.05, 0) is 18.6 Å². The Morgan fingerprint density at radius 3 is 2.56 bits per heavy atom. The Labute approximate surface area is 188 Å². The maximum absolute atomic E-state index is 14.7. The summed E-state index contributed by atoms with van der Waals surface area (Å²) in [4.78, 5) is 23.8. The summed E-state index contributed by atoms with van der Waals surface area (Å²) in [7, 11) is 1.72. The number of nitrogens with zero attached hydrogens (tertiary/aromatic N) is 4. The van der Waals surface area contributed by atoms with Gasteiger partial charge in [-0.3, -0.25) is 9.69 Å². The van der Waals surface area contributed by atoms with Crippen molar-refractivity contribution in [3.05, 3.63) is 51.7 Å². The smallest absolute Gasteiger partial charge is 0.266 e. The minimum Gasteiger partial charge on any atom is -0.365 e. The van der Waals surface area contributed by atoms with Gasteiger partial charge in [-0.25, -0.2) is 27.5 Å². The highest BCUT2D eigenvalue weighted by molar-refractivity contribution is 6.28. The van der Waals surface area contributed by atoms with Gasteiger partial charge in [0.25, 0.3) is 12.3 Å². The van der Waals surface area contributed by atoms with Gasteiger partial charge < -0.3 is 10.2 Å². The van der Waals surface area contributed by atoms with Gasteiger partial charge in [-0.2, -0.15) is 0 Å². The van der Waals surface area contributed by atoms with Crippen molar-refractivity contribution in [2.24, 2.45) is 0 Å². The second-order valence-electron chi connectivity index (χ2n) is 7.54. The number of aromatic nitrogens is 2. The summed E-state index contributed by atoms with van der Waals surface area (Å²) in [6.07, 6.45) is -2.93. The highest BCUT2D eigenvalue weighted by Gasteiger charge is 2.51. The van der Waals surface area contributed by atoms with Crippen molar-refractivity contribution in [2.45, 2.75) is 45.6 Å². The molecule has 2 aliphatic rings. The molecule has 4 rings (SSSR count). The van der Waals surface area contributed by atoms with E-state index < -0.39 is 29.4 Å². The van der Waals surface area contributed by atoms with Gasteiger partial charge in [-0.1, -0.05) is 32.0 Å². The number of likely N-dealkylation sites (tertiary alicyclic amines) is 1. The topological polar surface area (TPSA) is 61.4 Å². The molecule has 11 heteroatoms. The summed E-state index contributed by atoms with van der Waals surface area (Å²) >= 11 is 5.96. The van der Waals surface area contributed by atoms with E-state index in [4.69, 9.17) is 11.6 Å². The summed E-state index contributed by atoms with van der Waals surface area (Å²) in [5.74, 6) is -1.38. The minimum absolute atomic E-state index is 0.0238. The average Bonchev–Trinajstić information content (AvgIpc) is 3.16. The van der Waals surface area contributed by atoms with Crippen molar-refractivity contribution in [3.63, 3.8) is 0 Å². The predicted octanol–water partition coefficient (Wildman–Crippen LogP) is 4.34. The van der Waals surface area contributed by atoms with Crippen LogP contribution in [0.15, 0.2) is 18.2 Å². The summed E-state index contributed by atoms with van der Waals surface area (Å²) in [6, 6.07) is 3.75. The van der Waals surface area contributed by atoms with E-state index in [9.17, 15) is 22.4 Å². The first-order valence-corrected chi connectivity index (χ1v) is 10.6. The van der Waals surface area contributed by atoms with E-state index in [-0.39, 0.29) is 49.4 Å². The van der Waals surface area contributed by atoms with Crippen LogP contribution in [0.5, 0.6) is 0 Å². The number of benzene rings is 1. The van der Waals surface area contributed by atoms with Gasteiger partial charge in [0, 0.05) is 30.8 Å². The van der Waals surface area contributed by atoms with E-state index in [0.29, 0.717) is 11.3 Å². The SMILES string of the molecule is CC.CN1CC(F)(C(=O)N2Cc3nc(Cl)nc(NCc4cccc(C(F)F)c4F)c3C2)C1. The summed E-state index contributed by atoms with van der Waals surface area (Å²) in [6.45, 7) is 4.07. The Morgan fingerprint density at radius 1 is 1.25 bits per heavy atom. The standard InChI is InChI=1S/C19H18ClF4N5O.C2H6/c1-28-8-19(24,9-28)17(30)29-6-12-13(7-29)26-18(20)27-16(12)25-5-10-3-2-4-11(14(10)21)15(22)23;1-2/h2-4,15H,5-9H2,1H3,(H,25,26,27);1-2H3. The Balaban J connectivity index is 0.00000141. The molecule has 1 aromatic carbocycles. The second kappa shape index (κ2) is 9.58. The van der Waals surface area contributed by atoms with Crippen LogP contribution in [0, 0.1) is 5.82 Å². The Kier molecular flexibility index (Phi) is 7.24. The van der Waals surface area contributed by atoms with Gasteiger partial charge in [-0.15, -0.1) is 0 Å². The largest absolute Gasteiger partial charge is 0.365 e. The number of anilines is 1. The number of carbonyl (C=O) groups is 1. The van der Waals surface area contributed by atoms with Gasteiger partial charge in [0.2, 0.25) is 11.0 Å². The van der Waals surface area contributed by atoms with Crippen LogP contribution in [0.1, 0.15) is 42.7 Å². The summed E-state index contributed by atoms with van der Waals surface area (Å²) in [5, 5.41) is 2.79. The van der Waals surface area contributed by atoms with Crippen LogP contribution in [-0.2, 0) is 24.4 Å². The van der Waals surface area contributed by atoms with Crippen molar-refractivity contribution < 1.29 is 22.4 Å².